The van der Waals surface area contributed by atoms with Crippen LogP contribution in [0.2, 0.25) is 0 Å². The summed E-state index contributed by atoms with van der Waals surface area (Å²) in [5.74, 6) is 0. The van der Waals surface area contributed by atoms with Crippen molar-refractivity contribution in [1.29, 1.82) is 0 Å². The molecule has 0 spiro atoms. The first kappa shape index (κ1) is 12.7. The van der Waals surface area contributed by atoms with Crippen LogP contribution in [0.3, 0.4) is 0 Å². The fourth-order valence-electron chi connectivity index (χ4n) is 1.57. The summed E-state index contributed by atoms with van der Waals surface area (Å²) in [6.45, 7) is 10.4. The van der Waals surface area contributed by atoms with Crippen LogP contribution in [-0.2, 0) is 9.47 Å². The van der Waals surface area contributed by atoms with E-state index in [-0.39, 0.29) is 0 Å². The third-order valence-corrected chi connectivity index (χ3v) is 2.49. The third-order valence-electron chi connectivity index (χ3n) is 2.49. The molecule has 0 atom stereocenters. The van der Waals surface area contributed by atoms with Gasteiger partial charge < -0.3 is 14.8 Å². The van der Waals surface area contributed by atoms with E-state index in [0.717, 1.165) is 51.1 Å². The van der Waals surface area contributed by atoms with Gasteiger partial charge in [-0.2, -0.15) is 0 Å². The molecule has 1 aliphatic heterocycles. The molecule has 0 aromatic carbocycles. The molecular weight excluding hydrogens is 190 g/mol. The first-order valence-corrected chi connectivity index (χ1v) is 5.89. The van der Waals surface area contributed by atoms with E-state index in [0.29, 0.717) is 12.7 Å². The summed E-state index contributed by atoms with van der Waals surface area (Å²) in [5, 5.41) is 3.32. The van der Waals surface area contributed by atoms with Crippen LogP contribution in [0.1, 0.15) is 26.2 Å². The monoisotopic (exact) mass is 213 g/mol. The molecule has 0 bridgehead atoms. The van der Waals surface area contributed by atoms with Crippen molar-refractivity contribution < 1.29 is 9.47 Å². The quantitative estimate of drug-likeness (QED) is 0.516. The summed E-state index contributed by atoms with van der Waals surface area (Å²) in [6.07, 6.45) is 3.58. The highest BCUT2D eigenvalue weighted by atomic mass is 16.5. The van der Waals surface area contributed by atoms with E-state index in [9.17, 15) is 0 Å². The highest BCUT2D eigenvalue weighted by Crippen LogP contribution is 2.11. The molecule has 1 saturated heterocycles. The van der Waals surface area contributed by atoms with Gasteiger partial charge >= 0.3 is 0 Å². The van der Waals surface area contributed by atoms with Crippen LogP contribution in [0.25, 0.3) is 0 Å². The van der Waals surface area contributed by atoms with Gasteiger partial charge in [0.25, 0.3) is 0 Å². The van der Waals surface area contributed by atoms with Crippen molar-refractivity contribution in [2.45, 2.75) is 32.3 Å². The molecule has 0 amide bonds. The molecular formula is C12H23NO2. The van der Waals surface area contributed by atoms with E-state index in [1.807, 2.05) is 0 Å². The fourth-order valence-corrected chi connectivity index (χ4v) is 1.57. The maximum absolute atomic E-state index is 5.76. The normalized spacial score (nSPS) is 17.9. The average Bonchev–Trinajstić information content (AvgIpc) is 2.28. The highest BCUT2D eigenvalue weighted by Gasteiger charge is 2.13. The summed E-state index contributed by atoms with van der Waals surface area (Å²) in [6, 6.07) is 0. The summed E-state index contributed by atoms with van der Waals surface area (Å²) < 4.78 is 11.0. The Kier molecular flexibility index (Phi) is 6.64. The average molecular weight is 213 g/mol. The Morgan fingerprint density at radius 3 is 2.87 bits per heavy atom. The van der Waals surface area contributed by atoms with Gasteiger partial charge in [-0.25, -0.2) is 0 Å². The number of nitrogens with one attached hydrogen (secondary N) is 1. The van der Waals surface area contributed by atoms with E-state index in [4.69, 9.17) is 9.47 Å². The molecule has 3 nitrogen and oxygen atoms in total. The Labute approximate surface area is 92.8 Å². The second-order valence-electron chi connectivity index (χ2n) is 4.05. The van der Waals surface area contributed by atoms with Crippen molar-refractivity contribution in [3.8, 4) is 0 Å². The molecule has 0 unspecified atom stereocenters. The summed E-state index contributed by atoms with van der Waals surface area (Å²) in [4.78, 5) is 0. The van der Waals surface area contributed by atoms with Crippen LogP contribution in [0.15, 0.2) is 12.2 Å². The zero-order valence-electron chi connectivity index (χ0n) is 9.76. The molecule has 88 valence electrons. The lowest BCUT2D eigenvalue weighted by molar-refractivity contribution is -0.0244. The molecule has 1 fully saturated rings. The number of hydrogen-bond acceptors (Lipinski definition) is 3. The van der Waals surface area contributed by atoms with Crippen molar-refractivity contribution in [3.63, 3.8) is 0 Å². The largest absolute Gasteiger partial charge is 0.381 e. The predicted molar refractivity (Wildman–Crippen MR) is 62.1 cm³/mol. The van der Waals surface area contributed by atoms with Gasteiger partial charge in [-0.15, -0.1) is 0 Å². The Morgan fingerprint density at radius 2 is 2.20 bits per heavy atom. The predicted octanol–water partition coefficient (Wildman–Crippen LogP) is 1.74. The number of rotatable bonds is 7. The standard InChI is InChI=1S/C12H23NO2/c1-3-6-13-9-11(2)10-15-12-4-7-14-8-5-12/h12-13H,2-10H2,1H3. The van der Waals surface area contributed by atoms with Gasteiger partial charge in [0.1, 0.15) is 0 Å². The van der Waals surface area contributed by atoms with Crippen molar-refractivity contribution in [2.24, 2.45) is 0 Å². The Balaban J connectivity index is 2.00. The second kappa shape index (κ2) is 7.85. The van der Waals surface area contributed by atoms with Gasteiger partial charge in [-0.3, -0.25) is 0 Å². The Morgan fingerprint density at radius 1 is 1.47 bits per heavy atom. The fraction of sp³-hybridized carbons (Fsp3) is 0.833. The molecule has 0 aromatic rings. The Hall–Kier alpha value is -0.380. The molecule has 1 N–H and O–H groups in total. The van der Waals surface area contributed by atoms with Gasteiger partial charge in [0.2, 0.25) is 0 Å². The van der Waals surface area contributed by atoms with Gasteiger partial charge in [-0.05, 0) is 31.4 Å². The zero-order valence-corrected chi connectivity index (χ0v) is 9.76. The maximum atomic E-state index is 5.76. The van der Waals surface area contributed by atoms with Crippen LogP contribution < -0.4 is 5.32 Å². The lowest BCUT2D eigenvalue weighted by Gasteiger charge is -2.22. The third kappa shape index (κ3) is 5.92. The minimum Gasteiger partial charge on any atom is -0.381 e. The highest BCUT2D eigenvalue weighted by molar-refractivity contribution is 4.97. The minimum absolute atomic E-state index is 0.377. The van der Waals surface area contributed by atoms with Crippen LogP contribution in [0.4, 0.5) is 0 Å². The molecule has 1 heterocycles. The molecule has 0 aliphatic carbocycles. The van der Waals surface area contributed by atoms with Crippen molar-refractivity contribution in [1.82, 2.24) is 5.32 Å². The van der Waals surface area contributed by atoms with Crippen LogP contribution in [0, 0.1) is 0 Å². The molecule has 1 aliphatic rings. The molecule has 3 heteroatoms. The van der Waals surface area contributed by atoms with Gasteiger partial charge in [0.05, 0.1) is 12.7 Å². The first-order chi connectivity index (χ1) is 7.33. The topological polar surface area (TPSA) is 30.5 Å². The van der Waals surface area contributed by atoms with E-state index in [2.05, 4.69) is 18.8 Å². The van der Waals surface area contributed by atoms with Gasteiger partial charge in [0.15, 0.2) is 0 Å². The summed E-state index contributed by atoms with van der Waals surface area (Å²) >= 11 is 0. The molecule has 15 heavy (non-hydrogen) atoms. The lowest BCUT2D eigenvalue weighted by atomic mass is 10.1. The molecule has 1 rings (SSSR count). The van der Waals surface area contributed by atoms with Crippen LogP contribution in [-0.4, -0.2) is 39.0 Å². The summed E-state index contributed by atoms with van der Waals surface area (Å²) in [7, 11) is 0. The van der Waals surface area contributed by atoms with E-state index < -0.39 is 0 Å². The molecule has 0 saturated carbocycles. The minimum atomic E-state index is 0.377. The van der Waals surface area contributed by atoms with E-state index in [1.54, 1.807) is 0 Å². The zero-order chi connectivity index (χ0) is 10.9. The maximum Gasteiger partial charge on any atom is 0.0690 e. The lowest BCUT2D eigenvalue weighted by Crippen LogP contribution is -2.26. The van der Waals surface area contributed by atoms with E-state index >= 15 is 0 Å². The first-order valence-electron chi connectivity index (χ1n) is 5.89. The number of hydrogen-bond donors (Lipinski definition) is 1. The van der Waals surface area contributed by atoms with Crippen molar-refractivity contribution >= 4 is 0 Å². The Bertz CT molecular complexity index is 176. The second-order valence-corrected chi connectivity index (χ2v) is 4.05. The molecule has 0 radical (unpaired) electrons. The summed E-state index contributed by atoms with van der Waals surface area (Å²) in [5.41, 5.74) is 1.13. The van der Waals surface area contributed by atoms with Gasteiger partial charge in [-0.1, -0.05) is 13.5 Å². The molecule has 0 aromatic heterocycles. The van der Waals surface area contributed by atoms with Crippen molar-refractivity contribution in [2.75, 3.05) is 32.9 Å². The van der Waals surface area contributed by atoms with Crippen molar-refractivity contribution in [3.05, 3.63) is 12.2 Å². The smallest absolute Gasteiger partial charge is 0.0690 e. The van der Waals surface area contributed by atoms with E-state index in [1.165, 1.54) is 0 Å². The van der Waals surface area contributed by atoms with Crippen LogP contribution >= 0.6 is 0 Å². The van der Waals surface area contributed by atoms with Crippen LogP contribution in [0.5, 0.6) is 0 Å². The van der Waals surface area contributed by atoms with Gasteiger partial charge in [0, 0.05) is 19.8 Å². The number of ether oxygens (including phenoxy) is 2. The SMILES string of the molecule is C=C(CNCCC)COC1CCOCC1.